The molecule has 0 spiro atoms. The van der Waals surface area contributed by atoms with Crippen molar-refractivity contribution in [1.29, 1.82) is 0 Å². The Morgan fingerprint density at radius 3 is 2.56 bits per heavy atom. The number of nitrogen functional groups attached to an aromatic ring is 1. The van der Waals surface area contributed by atoms with Gasteiger partial charge in [-0.25, -0.2) is 0 Å². The van der Waals surface area contributed by atoms with E-state index in [1.807, 2.05) is 30.3 Å². The second-order valence-corrected chi connectivity index (χ2v) is 4.10. The van der Waals surface area contributed by atoms with Crippen LogP contribution in [0.1, 0.15) is 16.1 Å². The zero-order chi connectivity index (χ0) is 13.0. The van der Waals surface area contributed by atoms with Crippen molar-refractivity contribution in [3.8, 4) is 0 Å². The molecule has 4 N–H and O–H groups in total. The van der Waals surface area contributed by atoms with Crippen molar-refractivity contribution < 1.29 is 4.79 Å². The Kier molecular flexibility index (Phi) is 3.69. The van der Waals surface area contributed by atoms with Crippen LogP contribution in [-0.2, 0) is 6.42 Å². The maximum Gasteiger partial charge on any atom is 0.200 e. The summed E-state index contributed by atoms with van der Waals surface area (Å²) in [5.41, 5.74) is 13.3. The minimum absolute atomic E-state index is 0.225. The average Bonchev–Trinajstić information content (AvgIpc) is 2.39. The molecule has 1 atom stereocenters. The number of carbonyl (C=O) groups excluding carboxylic acids is 1. The van der Waals surface area contributed by atoms with Crippen molar-refractivity contribution in [3.05, 3.63) is 59.9 Å². The second kappa shape index (κ2) is 5.42. The molecule has 4 heteroatoms. The Morgan fingerprint density at radius 1 is 1.17 bits per heavy atom. The fraction of sp³-hybridized carbons (Fsp3) is 0.143. The minimum atomic E-state index is -0.621. The Labute approximate surface area is 106 Å². The maximum atomic E-state index is 12.1. The van der Waals surface area contributed by atoms with Crippen molar-refractivity contribution in [3.63, 3.8) is 0 Å². The standard InChI is InChI=1S/C14H15N3O/c15-11-7-4-8-17-13(11)14(18)12(16)9-10-5-2-1-3-6-10/h1-8,12H,9,15-16H2. The van der Waals surface area contributed by atoms with Crippen LogP contribution in [0.2, 0.25) is 0 Å². The molecule has 0 aliphatic carbocycles. The highest BCUT2D eigenvalue weighted by Crippen LogP contribution is 2.11. The van der Waals surface area contributed by atoms with Crippen LogP contribution in [0, 0.1) is 0 Å². The Balaban J connectivity index is 2.13. The van der Waals surface area contributed by atoms with Gasteiger partial charge in [-0.05, 0) is 24.1 Å². The van der Waals surface area contributed by atoms with E-state index in [1.165, 1.54) is 0 Å². The van der Waals surface area contributed by atoms with Crippen LogP contribution in [0.15, 0.2) is 48.7 Å². The SMILES string of the molecule is Nc1cccnc1C(=O)C(N)Cc1ccccc1. The number of carbonyl (C=O) groups is 1. The van der Waals surface area contributed by atoms with Gasteiger partial charge < -0.3 is 11.5 Å². The first-order valence-electron chi connectivity index (χ1n) is 5.72. The number of anilines is 1. The smallest absolute Gasteiger partial charge is 0.200 e. The number of ketones is 1. The van der Waals surface area contributed by atoms with Gasteiger partial charge in [0.1, 0.15) is 5.69 Å². The van der Waals surface area contributed by atoms with E-state index in [4.69, 9.17) is 11.5 Å². The summed E-state index contributed by atoms with van der Waals surface area (Å²) < 4.78 is 0. The summed E-state index contributed by atoms with van der Waals surface area (Å²) in [4.78, 5) is 16.1. The Morgan fingerprint density at radius 2 is 1.89 bits per heavy atom. The summed E-state index contributed by atoms with van der Waals surface area (Å²) in [6, 6.07) is 12.4. The number of rotatable bonds is 4. The van der Waals surface area contributed by atoms with Crippen LogP contribution < -0.4 is 11.5 Å². The van der Waals surface area contributed by atoms with Crippen molar-refractivity contribution in [1.82, 2.24) is 4.98 Å². The van der Waals surface area contributed by atoms with E-state index in [0.717, 1.165) is 5.56 Å². The first-order valence-corrected chi connectivity index (χ1v) is 5.72. The summed E-state index contributed by atoms with van der Waals surface area (Å²) in [7, 11) is 0. The highest BCUT2D eigenvalue weighted by Gasteiger charge is 2.19. The van der Waals surface area contributed by atoms with Gasteiger partial charge in [-0.15, -0.1) is 0 Å². The number of hydrogen-bond acceptors (Lipinski definition) is 4. The third-order valence-electron chi connectivity index (χ3n) is 2.71. The third kappa shape index (κ3) is 2.73. The number of benzene rings is 1. The van der Waals surface area contributed by atoms with Crippen molar-refractivity contribution in [2.45, 2.75) is 12.5 Å². The molecule has 18 heavy (non-hydrogen) atoms. The molecule has 1 unspecified atom stereocenters. The molecular formula is C14H15N3O. The summed E-state index contributed by atoms with van der Waals surface area (Å²) >= 11 is 0. The summed E-state index contributed by atoms with van der Waals surface area (Å²) in [5, 5.41) is 0. The molecule has 0 aliphatic rings. The highest BCUT2D eigenvalue weighted by atomic mass is 16.1. The van der Waals surface area contributed by atoms with Gasteiger partial charge >= 0.3 is 0 Å². The van der Waals surface area contributed by atoms with Crippen molar-refractivity contribution in [2.24, 2.45) is 5.73 Å². The van der Waals surface area contributed by atoms with E-state index >= 15 is 0 Å². The molecule has 1 aromatic carbocycles. The van der Waals surface area contributed by atoms with E-state index in [-0.39, 0.29) is 11.5 Å². The molecular weight excluding hydrogens is 226 g/mol. The maximum absolute atomic E-state index is 12.1. The van der Waals surface area contributed by atoms with E-state index in [9.17, 15) is 4.79 Å². The molecule has 0 bridgehead atoms. The zero-order valence-corrected chi connectivity index (χ0v) is 9.91. The van der Waals surface area contributed by atoms with Gasteiger partial charge in [-0.1, -0.05) is 30.3 Å². The normalized spacial score (nSPS) is 12.1. The first kappa shape index (κ1) is 12.3. The fourth-order valence-corrected chi connectivity index (χ4v) is 1.76. The fourth-order valence-electron chi connectivity index (χ4n) is 1.76. The Bertz CT molecular complexity index is 540. The van der Waals surface area contributed by atoms with E-state index in [2.05, 4.69) is 4.98 Å². The van der Waals surface area contributed by atoms with Gasteiger partial charge in [-0.2, -0.15) is 0 Å². The lowest BCUT2D eigenvalue weighted by molar-refractivity contribution is 0.0957. The first-order chi connectivity index (χ1) is 8.68. The van der Waals surface area contributed by atoms with Crippen LogP contribution in [0.4, 0.5) is 5.69 Å². The van der Waals surface area contributed by atoms with Crippen molar-refractivity contribution >= 4 is 11.5 Å². The van der Waals surface area contributed by atoms with E-state index in [1.54, 1.807) is 18.3 Å². The average molecular weight is 241 g/mol. The van der Waals surface area contributed by atoms with Crippen LogP contribution in [0.3, 0.4) is 0 Å². The lowest BCUT2D eigenvalue weighted by Crippen LogP contribution is -2.33. The number of pyridine rings is 1. The van der Waals surface area contributed by atoms with E-state index in [0.29, 0.717) is 12.1 Å². The molecule has 2 aromatic rings. The number of nitrogens with zero attached hydrogens (tertiary/aromatic N) is 1. The number of aromatic nitrogens is 1. The lowest BCUT2D eigenvalue weighted by Gasteiger charge is -2.11. The topological polar surface area (TPSA) is 82.0 Å². The molecule has 0 saturated heterocycles. The van der Waals surface area contributed by atoms with Crippen LogP contribution in [-0.4, -0.2) is 16.8 Å². The molecule has 1 heterocycles. The summed E-state index contributed by atoms with van der Waals surface area (Å²) in [5.74, 6) is -0.225. The zero-order valence-electron chi connectivity index (χ0n) is 9.91. The van der Waals surface area contributed by atoms with Crippen LogP contribution >= 0.6 is 0 Å². The number of hydrogen-bond donors (Lipinski definition) is 2. The molecule has 92 valence electrons. The minimum Gasteiger partial charge on any atom is -0.397 e. The van der Waals surface area contributed by atoms with E-state index < -0.39 is 6.04 Å². The second-order valence-electron chi connectivity index (χ2n) is 4.10. The summed E-state index contributed by atoms with van der Waals surface area (Å²) in [6.45, 7) is 0. The predicted octanol–water partition coefficient (Wildman–Crippen LogP) is 1.42. The van der Waals surface area contributed by atoms with Crippen LogP contribution in [0.5, 0.6) is 0 Å². The molecule has 0 amide bonds. The van der Waals surface area contributed by atoms with Gasteiger partial charge in [0.05, 0.1) is 11.7 Å². The van der Waals surface area contributed by atoms with Crippen LogP contribution in [0.25, 0.3) is 0 Å². The largest absolute Gasteiger partial charge is 0.397 e. The lowest BCUT2D eigenvalue weighted by atomic mass is 10.0. The molecule has 1 aromatic heterocycles. The molecule has 4 nitrogen and oxygen atoms in total. The Hall–Kier alpha value is -2.20. The quantitative estimate of drug-likeness (QED) is 0.793. The molecule has 0 aliphatic heterocycles. The number of nitrogens with two attached hydrogens (primary N) is 2. The van der Waals surface area contributed by atoms with Gasteiger partial charge in [0.15, 0.2) is 5.78 Å². The van der Waals surface area contributed by atoms with Gasteiger partial charge in [-0.3, -0.25) is 9.78 Å². The van der Waals surface area contributed by atoms with Crippen molar-refractivity contribution in [2.75, 3.05) is 5.73 Å². The van der Waals surface area contributed by atoms with Gasteiger partial charge in [0, 0.05) is 6.20 Å². The molecule has 0 saturated carbocycles. The highest BCUT2D eigenvalue weighted by molar-refractivity contribution is 6.02. The molecule has 0 radical (unpaired) electrons. The monoisotopic (exact) mass is 241 g/mol. The van der Waals surface area contributed by atoms with Gasteiger partial charge in [0.25, 0.3) is 0 Å². The van der Waals surface area contributed by atoms with Gasteiger partial charge in [0.2, 0.25) is 0 Å². The number of Topliss-reactive ketones (excluding diaryl/α,β-unsaturated/α-hetero) is 1. The molecule has 2 rings (SSSR count). The third-order valence-corrected chi connectivity index (χ3v) is 2.71. The summed E-state index contributed by atoms with van der Waals surface area (Å²) in [6.07, 6.45) is 2.02. The predicted molar refractivity (Wildman–Crippen MR) is 71.1 cm³/mol. The molecule has 0 fully saturated rings.